The van der Waals surface area contributed by atoms with Crippen molar-refractivity contribution in [1.82, 2.24) is 34.7 Å². The van der Waals surface area contributed by atoms with Gasteiger partial charge in [0.2, 0.25) is 11.9 Å². The molecule has 4 N–H and O–H groups in total. The number of nitrogens with zero attached hydrogens (tertiary/aromatic N) is 6. The van der Waals surface area contributed by atoms with Crippen LogP contribution in [0.1, 0.15) is 148 Å². The summed E-state index contributed by atoms with van der Waals surface area (Å²) in [6, 6.07) is 17.0. The molecular weight excluding hydrogens is 1060 g/mol. The number of fused-ring (bicyclic) bond motifs is 2. The first-order valence-corrected chi connectivity index (χ1v) is 29.0. The van der Waals surface area contributed by atoms with Gasteiger partial charge in [-0.25, -0.2) is 29.5 Å². The summed E-state index contributed by atoms with van der Waals surface area (Å²) in [6.07, 6.45) is 20.1. The Hall–Kier alpha value is -5.10. The van der Waals surface area contributed by atoms with Crippen LogP contribution in [0.4, 0.5) is 21.5 Å². The monoisotopic (exact) mass is 1140 g/mol. The summed E-state index contributed by atoms with van der Waals surface area (Å²) in [6.45, 7) is 13.5. The minimum atomic E-state index is -0.532. The van der Waals surface area contributed by atoms with Gasteiger partial charge in [-0.3, -0.25) is 9.59 Å². The zero-order valence-electron chi connectivity index (χ0n) is 47.7. The van der Waals surface area contributed by atoms with E-state index in [0.29, 0.717) is 78.5 Å². The number of piperidine rings is 2. The number of ether oxygens (including phenoxy) is 2. The van der Waals surface area contributed by atoms with Crippen molar-refractivity contribution in [1.29, 1.82) is 0 Å². The van der Waals surface area contributed by atoms with Gasteiger partial charge in [0.05, 0.1) is 33.8 Å². The van der Waals surface area contributed by atoms with Gasteiger partial charge in [0.15, 0.2) is 0 Å². The van der Waals surface area contributed by atoms with E-state index in [1.807, 2.05) is 72.0 Å². The fourth-order valence-electron chi connectivity index (χ4n) is 11.8. The summed E-state index contributed by atoms with van der Waals surface area (Å²) in [7, 11) is 0. The number of ketones is 2. The second kappa shape index (κ2) is 27.8. The van der Waals surface area contributed by atoms with E-state index >= 15 is 0 Å². The molecule has 80 heavy (non-hydrogen) atoms. The van der Waals surface area contributed by atoms with Crippen LogP contribution in [-0.4, -0.2) is 113 Å². The molecule has 2 atom stereocenters. The Kier molecular flexibility index (Phi) is 21.7. The molecule has 4 fully saturated rings. The molecule has 19 heteroatoms. The van der Waals surface area contributed by atoms with Gasteiger partial charge in [-0.1, -0.05) is 71.7 Å². The van der Waals surface area contributed by atoms with E-state index in [1.165, 1.54) is 11.1 Å². The van der Waals surface area contributed by atoms with Crippen molar-refractivity contribution < 1.29 is 63.7 Å². The number of nitrogens with one attached hydrogen (secondary N) is 3. The summed E-state index contributed by atoms with van der Waals surface area (Å²) < 4.78 is 11.0. The number of rotatable bonds is 12. The van der Waals surface area contributed by atoms with E-state index in [-0.39, 0.29) is 82.7 Å². The molecule has 16 nitrogen and oxygen atoms in total. The number of H-pyrrole nitrogens is 1. The largest absolute Gasteiger partial charge is 1.00 e. The average Bonchev–Trinajstić information content (AvgIpc) is 4.06. The molecule has 0 spiro atoms. The summed E-state index contributed by atoms with van der Waals surface area (Å²) in [5.41, 5.74) is 5.94. The molecule has 5 aromatic rings. The van der Waals surface area contributed by atoms with Crippen molar-refractivity contribution in [2.75, 3.05) is 36.8 Å². The number of aromatic amines is 1. The Labute approximate surface area is 503 Å². The molecule has 2 aliphatic heterocycles. The number of carbonyl (C=O) groups excluding carboxylic acids is 4. The Bertz CT molecular complexity index is 2980. The molecule has 424 valence electrons. The van der Waals surface area contributed by atoms with Crippen LogP contribution in [0.2, 0.25) is 10.0 Å². The summed E-state index contributed by atoms with van der Waals surface area (Å²) in [5.74, 6) is 2.33. The van der Waals surface area contributed by atoms with Crippen molar-refractivity contribution in [3.8, 4) is 11.3 Å². The van der Waals surface area contributed by atoms with Gasteiger partial charge in [-0.15, -0.1) is 0 Å². The number of halogens is 2. The van der Waals surface area contributed by atoms with Crippen LogP contribution in [0, 0.1) is 23.7 Å². The number of para-hydroxylation sites is 1. The first kappa shape index (κ1) is 62.5. The van der Waals surface area contributed by atoms with Gasteiger partial charge in [0.1, 0.15) is 22.8 Å². The Morgan fingerprint density at radius 1 is 0.637 bits per heavy atom. The molecule has 3 aliphatic carbocycles. The van der Waals surface area contributed by atoms with Crippen LogP contribution in [0.5, 0.6) is 0 Å². The van der Waals surface area contributed by atoms with Crippen LogP contribution < -0.4 is 40.2 Å². The smallest absolute Gasteiger partial charge is 0.870 e. The fraction of sp³-hybridized carbons (Fsp3) is 0.541. The van der Waals surface area contributed by atoms with Crippen molar-refractivity contribution in [3.63, 3.8) is 0 Å². The summed E-state index contributed by atoms with van der Waals surface area (Å²) in [4.78, 5) is 76.4. The number of benzene rings is 2. The maximum Gasteiger partial charge on any atom is 1.00 e. The van der Waals surface area contributed by atoms with Gasteiger partial charge < -0.3 is 40.4 Å². The van der Waals surface area contributed by atoms with Gasteiger partial charge in [-0.05, 0) is 154 Å². The molecule has 10 rings (SSSR count). The van der Waals surface area contributed by atoms with Crippen LogP contribution in [0.25, 0.3) is 27.7 Å². The molecule has 3 aromatic heterocycles. The van der Waals surface area contributed by atoms with E-state index in [2.05, 4.69) is 55.9 Å². The van der Waals surface area contributed by atoms with Gasteiger partial charge in [0, 0.05) is 91.2 Å². The summed E-state index contributed by atoms with van der Waals surface area (Å²) in [5, 5.41) is 9.16. The zero-order chi connectivity index (χ0) is 55.1. The molecule has 0 radical (unpaired) electrons. The first-order chi connectivity index (χ1) is 37.3. The van der Waals surface area contributed by atoms with E-state index in [4.69, 9.17) is 42.6 Å². The number of Topliss-reactive ketones (excluding diaryl/α,β-unsaturated/α-hetero) is 2. The maximum absolute atomic E-state index is 13.1. The number of likely N-dealkylation sites (tertiary alicyclic amines) is 2. The molecular formula is C61H78Cl2N9NaO7. The molecule has 2 unspecified atom stereocenters. The molecule has 0 bridgehead atoms. The topological polar surface area (TPSA) is 215 Å². The third-order valence-electron chi connectivity index (χ3n) is 15.8. The normalized spacial score (nSPS) is 22.0. The van der Waals surface area contributed by atoms with Gasteiger partial charge in [0.25, 0.3) is 0 Å². The van der Waals surface area contributed by atoms with E-state index < -0.39 is 11.2 Å². The Balaban J connectivity index is 0.000000225. The number of amides is 2. The minimum Gasteiger partial charge on any atom is -0.870 e. The maximum atomic E-state index is 13.1. The third kappa shape index (κ3) is 16.6. The van der Waals surface area contributed by atoms with Crippen LogP contribution in [0.15, 0.2) is 73.2 Å². The van der Waals surface area contributed by atoms with Crippen LogP contribution in [-0.2, 0) is 25.5 Å². The van der Waals surface area contributed by atoms with Gasteiger partial charge in [-0.2, -0.15) is 0 Å². The molecule has 2 aromatic carbocycles. The number of allylic oxidation sites excluding steroid dienone is 1. The molecule has 2 saturated heterocycles. The van der Waals surface area contributed by atoms with E-state index in [9.17, 15) is 19.2 Å². The van der Waals surface area contributed by atoms with Crippen molar-refractivity contribution in [2.45, 2.75) is 161 Å². The number of aromatic nitrogens is 5. The molecule has 2 saturated carbocycles. The van der Waals surface area contributed by atoms with Crippen LogP contribution >= 0.6 is 23.2 Å². The van der Waals surface area contributed by atoms with Crippen LogP contribution in [0.3, 0.4) is 0 Å². The fourth-order valence-corrected chi connectivity index (χ4v) is 12.2. The third-order valence-corrected chi connectivity index (χ3v) is 16.4. The first-order valence-electron chi connectivity index (χ1n) is 28.3. The number of carbonyl (C=O) groups is 4. The van der Waals surface area contributed by atoms with Crippen molar-refractivity contribution in [2.24, 2.45) is 23.7 Å². The standard InChI is InChI=1S/C31H39ClN4O3.C30H38ClN5O3.Na.H2O/c1-31(2,3)39-30(38)36-16-6-8-22(19-36)27(37)17-20-10-13-23(14-11-20)34-29-33-18-26(32)28(35-29)25-15-12-21-7-4-5-9-24(21)25;1-30(2,3)39-29(38)36-14-6-7-20(18-36)26(37)15-19-10-12-21(13-11-19)34-28-33-17-24(31)27(35-28)23-16-32-25-9-5-4-8-22(23)25;;/h4-5,7,9,15,18,20,22-23H,6,8,10-14,16-17,19H2,1-3H3,(H,33,34,35);4-5,8-9,16-17,19-21,32H,6-7,10-15,18H2,1-3H3,(H,33,34,35);;1H2/q;;+1;/p-1. The van der Waals surface area contributed by atoms with Gasteiger partial charge >= 0.3 is 41.7 Å². The Morgan fingerprint density at radius 2 is 1.11 bits per heavy atom. The zero-order valence-corrected chi connectivity index (χ0v) is 51.2. The number of hydrogen-bond acceptors (Lipinski definition) is 13. The summed E-state index contributed by atoms with van der Waals surface area (Å²) >= 11 is 13.0. The molecule has 5 aliphatic rings. The predicted octanol–water partition coefficient (Wildman–Crippen LogP) is 10.4. The number of anilines is 2. The Morgan fingerprint density at radius 3 is 1.64 bits per heavy atom. The number of hydrogen-bond donors (Lipinski definition) is 3. The quantitative estimate of drug-likeness (QED) is 0.0993. The second-order valence-corrected chi connectivity index (χ2v) is 24.9. The second-order valence-electron chi connectivity index (χ2n) is 24.1. The van der Waals surface area contributed by atoms with Crippen molar-refractivity contribution in [3.05, 3.63) is 100 Å². The molecule has 5 heterocycles. The van der Waals surface area contributed by atoms with E-state index in [1.54, 1.807) is 22.2 Å². The van der Waals surface area contributed by atoms with Crippen molar-refractivity contribution >= 4 is 75.3 Å². The predicted molar refractivity (Wildman–Crippen MR) is 310 cm³/mol. The molecule has 2 amide bonds. The minimum absolute atomic E-state index is 0. The average molecular weight is 1140 g/mol. The van der Waals surface area contributed by atoms with E-state index in [0.717, 1.165) is 111 Å². The SMILES string of the molecule is CC(C)(C)OC(=O)N1CCCC(C(=O)CC2CCC(Nc3ncc(Cl)c(-c4c[nH]c5ccccc45)n3)CC2)C1.CC(C)(C)OC(=O)N1CCCC(C(=O)CC2CCC(Nc3ncc(Cl)c(C4=CCc5ccccc54)n3)CC2)C1.[Na+].[OH-].